The second kappa shape index (κ2) is 10.4. The molecule has 2 aliphatic rings. The third-order valence-corrected chi connectivity index (χ3v) is 6.45. The molecule has 0 aromatic carbocycles. The van der Waals surface area contributed by atoms with Crippen molar-refractivity contribution < 1.29 is 14.3 Å². The van der Waals surface area contributed by atoms with E-state index in [9.17, 15) is 9.59 Å². The van der Waals surface area contributed by atoms with Gasteiger partial charge in [0, 0.05) is 24.3 Å². The van der Waals surface area contributed by atoms with E-state index in [1.54, 1.807) is 12.3 Å². The van der Waals surface area contributed by atoms with E-state index in [2.05, 4.69) is 20.9 Å². The first-order valence-electron chi connectivity index (χ1n) is 10.9. The van der Waals surface area contributed by atoms with Crippen molar-refractivity contribution in [3.63, 3.8) is 0 Å². The molecule has 1 aliphatic carbocycles. The molecular weight excluding hydrogens is 400 g/mol. The topological polar surface area (TPSA) is 92.4 Å². The summed E-state index contributed by atoms with van der Waals surface area (Å²) >= 11 is 1.98. The molecule has 30 heavy (non-hydrogen) atoms. The highest BCUT2D eigenvalue weighted by Gasteiger charge is 2.26. The molecule has 0 spiro atoms. The lowest BCUT2D eigenvalue weighted by Crippen LogP contribution is -2.45. The summed E-state index contributed by atoms with van der Waals surface area (Å²) in [5, 5.41) is 9.57. The SMILES string of the molecule is CC(C)(C)OC(=O)NC1CCC(NC(=O)c2cccnc2NC2CCSCC2)CC1. The fourth-order valence-electron chi connectivity index (χ4n) is 3.86. The summed E-state index contributed by atoms with van der Waals surface area (Å²) in [4.78, 5) is 29.3. The number of thioether (sulfide) groups is 1. The summed E-state index contributed by atoms with van der Waals surface area (Å²) in [7, 11) is 0. The second-order valence-electron chi connectivity index (χ2n) is 9.10. The van der Waals surface area contributed by atoms with Gasteiger partial charge in [-0.1, -0.05) is 0 Å². The van der Waals surface area contributed by atoms with Gasteiger partial charge < -0.3 is 20.7 Å². The number of aromatic nitrogens is 1. The molecule has 0 radical (unpaired) electrons. The first-order chi connectivity index (χ1) is 14.3. The lowest BCUT2D eigenvalue weighted by atomic mass is 9.91. The first kappa shape index (κ1) is 22.7. The van der Waals surface area contributed by atoms with Crippen LogP contribution in [0.1, 0.15) is 69.7 Å². The van der Waals surface area contributed by atoms with Gasteiger partial charge >= 0.3 is 6.09 Å². The number of anilines is 1. The number of nitrogens with one attached hydrogen (secondary N) is 3. The third kappa shape index (κ3) is 7.07. The highest BCUT2D eigenvalue weighted by atomic mass is 32.2. The Balaban J connectivity index is 1.48. The van der Waals surface area contributed by atoms with Gasteiger partial charge in [-0.25, -0.2) is 9.78 Å². The van der Waals surface area contributed by atoms with Gasteiger partial charge in [-0.05, 0) is 82.9 Å². The van der Waals surface area contributed by atoms with Crippen LogP contribution < -0.4 is 16.0 Å². The molecule has 1 saturated carbocycles. The van der Waals surface area contributed by atoms with Crippen LogP contribution in [0.25, 0.3) is 0 Å². The Bertz CT molecular complexity index is 723. The van der Waals surface area contributed by atoms with Crippen LogP contribution in [0.2, 0.25) is 0 Å². The van der Waals surface area contributed by atoms with E-state index in [0.29, 0.717) is 17.4 Å². The predicted molar refractivity (Wildman–Crippen MR) is 121 cm³/mol. The lowest BCUT2D eigenvalue weighted by molar-refractivity contribution is 0.0488. The summed E-state index contributed by atoms with van der Waals surface area (Å²) in [5.74, 6) is 2.88. The fourth-order valence-corrected chi connectivity index (χ4v) is 4.96. The third-order valence-electron chi connectivity index (χ3n) is 5.40. The summed E-state index contributed by atoms with van der Waals surface area (Å²) in [6.07, 6.45) is 6.84. The Morgan fingerprint density at radius 1 is 1.00 bits per heavy atom. The van der Waals surface area contributed by atoms with E-state index in [0.717, 1.165) is 50.0 Å². The average molecular weight is 435 g/mol. The van der Waals surface area contributed by atoms with E-state index in [4.69, 9.17) is 4.74 Å². The number of ether oxygens (including phenoxy) is 1. The zero-order valence-corrected chi connectivity index (χ0v) is 19.0. The second-order valence-corrected chi connectivity index (χ2v) is 10.3. The van der Waals surface area contributed by atoms with Gasteiger partial charge in [-0.3, -0.25) is 4.79 Å². The molecule has 7 nitrogen and oxygen atoms in total. The number of carbonyl (C=O) groups excluding carboxylic acids is 2. The Morgan fingerprint density at radius 2 is 1.63 bits per heavy atom. The molecule has 1 saturated heterocycles. The highest BCUT2D eigenvalue weighted by molar-refractivity contribution is 7.99. The van der Waals surface area contributed by atoms with Gasteiger partial charge in [-0.2, -0.15) is 11.8 Å². The van der Waals surface area contributed by atoms with E-state index in [-0.39, 0.29) is 24.1 Å². The molecule has 1 aliphatic heterocycles. The van der Waals surface area contributed by atoms with Gasteiger partial charge in [0.15, 0.2) is 0 Å². The Kier molecular flexibility index (Phi) is 7.86. The molecular formula is C22H34N4O3S. The summed E-state index contributed by atoms with van der Waals surface area (Å²) in [5.41, 5.74) is 0.103. The van der Waals surface area contributed by atoms with Crippen LogP contribution in [-0.4, -0.2) is 52.2 Å². The zero-order chi connectivity index (χ0) is 21.6. The van der Waals surface area contributed by atoms with Gasteiger partial charge in [0.1, 0.15) is 11.4 Å². The minimum Gasteiger partial charge on any atom is -0.444 e. The van der Waals surface area contributed by atoms with Gasteiger partial charge in [0.2, 0.25) is 0 Å². The van der Waals surface area contributed by atoms with Gasteiger partial charge in [0.25, 0.3) is 5.91 Å². The molecule has 3 N–H and O–H groups in total. The minimum atomic E-state index is -0.499. The Hall–Kier alpha value is -1.96. The van der Waals surface area contributed by atoms with Crippen LogP contribution in [0, 0.1) is 0 Å². The van der Waals surface area contributed by atoms with Gasteiger partial charge in [-0.15, -0.1) is 0 Å². The fraction of sp³-hybridized carbons (Fsp3) is 0.682. The van der Waals surface area contributed by atoms with Crippen LogP contribution in [0.15, 0.2) is 18.3 Å². The Morgan fingerprint density at radius 3 is 2.27 bits per heavy atom. The van der Waals surface area contributed by atoms with Crippen molar-refractivity contribution in [1.82, 2.24) is 15.6 Å². The number of hydrogen-bond donors (Lipinski definition) is 3. The number of amides is 2. The number of alkyl carbamates (subject to hydrolysis) is 1. The number of rotatable bonds is 5. The van der Waals surface area contributed by atoms with E-state index < -0.39 is 5.60 Å². The molecule has 2 fully saturated rings. The van der Waals surface area contributed by atoms with Crippen molar-refractivity contribution in [1.29, 1.82) is 0 Å². The lowest BCUT2D eigenvalue weighted by Gasteiger charge is -2.30. The van der Waals surface area contributed by atoms with Crippen LogP contribution >= 0.6 is 11.8 Å². The maximum absolute atomic E-state index is 12.9. The van der Waals surface area contributed by atoms with Crippen molar-refractivity contribution in [2.45, 2.75) is 83.0 Å². The standard InChI is InChI=1S/C22H34N4O3S/c1-22(2,3)29-21(28)26-16-8-6-15(7-9-16)25-20(27)18-5-4-12-23-19(18)24-17-10-13-30-14-11-17/h4-5,12,15-17H,6-11,13-14H2,1-3H3,(H,23,24)(H,25,27)(H,26,28). The maximum atomic E-state index is 12.9. The number of nitrogens with zero attached hydrogens (tertiary/aromatic N) is 1. The van der Waals surface area contributed by atoms with Crippen molar-refractivity contribution in [3.05, 3.63) is 23.9 Å². The number of pyridine rings is 1. The van der Waals surface area contributed by atoms with Crippen LogP contribution in [0.5, 0.6) is 0 Å². The average Bonchev–Trinajstić information content (AvgIpc) is 2.69. The summed E-state index contributed by atoms with van der Waals surface area (Å²) < 4.78 is 5.33. The maximum Gasteiger partial charge on any atom is 0.407 e. The molecule has 2 amide bonds. The quantitative estimate of drug-likeness (QED) is 0.650. The van der Waals surface area contributed by atoms with Crippen molar-refractivity contribution in [2.75, 3.05) is 16.8 Å². The molecule has 2 heterocycles. The van der Waals surface area contributed by atoms with Crippen molar-refractivity contribution in [3.8, 4) is 0 Å². The molecule has 1 aromatic rings. The number of hydrogen-bond acceptors (Lipinski definition) is 6. The van der Waals surface area contributed by atoms with Crippen molar-refractivity contribution >= 4 is 29.6 Å². The van der Waals surface area contributed by atoms with E-state index >= 15 is 0 Å². The zero-order valence-electron chi connectivity index (χ0n) is 18.2. The largest absolute Gasteiger partial charge is 0.444 e. The molecule has 1 aromatic heterocycles. The Labute approximate surface area is 183 Å². The normalized spacial score (nSPS) is 22.8. The molecule has 8 heteroatoms. The molecule has 0 atom stereocenters. The number of carbonyl (C=O) groups is 2. The van der Waals surface area contributed by atoms with E-state index in [1.165, 1.54) is 0 Å². The minimum absolute atomic E-state index is 0.0839. The van der Waals surface area contributed by atoms with Crippen molar-refractivity contribution in [2.24, 2.45) is 0 Å². The van der Waals surface area contributed by atoms with E-state index in [1.807, 2.05) is 38.6 Å². The predicted octanol–water partition coefficient (Wildman–Crippen LogP) is 3.95. The summed E-state index contributed by atoms with van der Waals surface area (Å²) in [6.45, 7) is 5.56. The van der Waals surface area contributed by atoms with Crippen LogP contribution in [0.3, 0.4) is 0 Å². The monoisotopic (exact) mass is 434 g/mol. The van der Waals surface area contributed by atoms with Gasteiger partial charge in [0.05, 0.1) is 5.56 Å². The molecule has 0 bridgehead atoms. The molecule has 166 valence electrons. The first-order valence-corrected chi connectivity index (χ1v) is 12.1. The molecule has 3 rings (SSSR count). The van der Waals surface area contributed by atoms with Crippen LogP contribution in [-0.2, 0) is 4.74 Å². The van der Waals surface area contributed by atoms with Crippen LogP contribution in [0.4, 0.5) is 10.6 Å². The highest BCUT2D eigenvalue weighted by Crippen LogP contribution is 2.23. The molecule has 0 unspecified atom stereocenters. The summed E-state index contributed by atoms with van der Waals surface area (Å²) in [6, 6.07) is 4.21. The smallest absolute Gasteiger partial charge is 0.407 e.